The molecule has 1 unspecified atom stereocenters. The predicted octanol–water partition coefficient (Wildman–Crippen LogP) is 1.07. The average Bonchev–Trinajstić information content (AvgIpc) is 3.14. The highest BCUT2D eigenvalue weighted by Crippen LogP contribution is 2.47. The van der Waals surface area contributed by atoms with E-state index in [1.165, 1.54) is 6.20 Å². The molecule has 0 aliphatic carbocycles. The van der Waals surface area contributed by atoms with E-state index < -0.39 is 16.1 Å². The Morgan fingerprint density at radius 1 is 1.48 bits per heavy atom. The topological polar surface area (TPSA) is 131 Å². The van der Waals surface area contributed by atoms with Crippen molar-refractivity contribution in [1.29, 1.82) is 0 Å². The molecule has 25 heavy (non-hydrogen) atoms. The third-order valence-electron chi connectivity index (χ3n) is 4.55. The third kappa shape index (κ3) is 4.57. The minimum Gasteiger partial charge on any atom is -0.367 e. The average molecular weight is 392 g/mol. The number of aromatic amines is 1. The lowest BCUT2D eigenvalue weighted by Gasteiger charge is -2.26. The molecule has 3 rings (SSSR count). The number of carbonyl (C=O) groups is 1. The van der Waals surface area contributed by atoms with Crippen molar-refractivity contribution in [1.82, 2.24) is 20.8 Å². The van der Waals surface area contributed by atoms with Crippen molar-refractivity contribution in [2.75, 3.05) is 36.0 Å². The lowest BCUT2D eigenvalue weighted by atomic mass is 10.1. The summed E-state index contributed by atoms with van der Waals surface area (Å²) in [5, 5.41) is 11.8. The fourth-order valence-corrected chi connectivity index (χ4v) is 5.35. The Bertz CT molecular complexity index is 700. The normalized spacial score (nSPS) is 26.4. The van der Waals surface area contributed by atoms with Crippen LogP contribution >= 0.6 is 22.2 Å². The summed E-state index contributed by atoms with van der Waals surface area (Å²) in [6.45, 7) is 1.64. The van der Waals surface area contributed by atoms with Gasteiger partial charge < -0.3 is 15.5 Å². The Kier molecular flexibility index (Phi) is 5.42. The second-order valence-corrected chi connectivity index (χ2v) is 9.24. The fraction of sp³-hybridized carbons (Fsp3) is 0.643. The van der Waals surface area contributed by atoms with Crippen LogP contribution in [0.3, 0.4) is 0 Å². The molecular weight excluding hydrogens is 370 g/mol. The lowest BCUT2D eigenvalue weighted by molar-refractivity contribution is 0.236. The molecule has 1 aromatic rings. The maximum atomic E-state index is 12.0. The Morgan fingerprint density at radius 3 is 3.00 bits per heavy atom. The van der Waals surface area contributed by atoms with Crippen LogP contribution in [0.25, 0.3) is 0 Å². The smallest absolute Gasteiger partial charge is 0.315 e. The van der Waals surface area contributed by atoms with Gasteiger partial charge in [0.1, 0.15) is 5.02 Å². The van der Waals surface area contributed by atoms with Crippen molar-refractivity contribution in [2.24, 2.45) is 5.92 Å². The first-order valence-corrected chi connectivity index (χ1v) is 10.4. The number of halogens is 1. The summed E-state index contributed by atoms with van der Waals surface area (Å²) in [6.07, 6.45) is 2.96. The van der Waals surface area contributed by atoms with Gasteiger partial charge in [-0.15, -0.1) is 0 Å². The number of nitrogens with zero attached hydrogens (tertiary/aromatic N) is 2. The molecule has 0 spiro atoms. The molecule has 0 bridgehead atoms. The minimum atomic E-state index is -2.44. The molecule has 0 saturated carbocycles. The van der Waals surface area contributed by atoms with E-state index in [2.05, 4.69) is 20.8 Å². The zero-order valence-electron chi connectivity index (χ0n) is 13.6. The molecule has 9 nitrogen and oxygen atoms in total. The van der Waals surface area contributed by atoms with E-state index in [4.69, 9.17) is 11.6 Å². The van der Waals surface area contributed by atoms with E-state index in [1.807, 2.05) is 4.90 Å². The Labute approximate surface area is 151 Å². The van der Waals surface area contributed by atoms with Gasteiger partial charge in [0.05, 0.1) is 11.9 Å². The number of rotatable bonds is 4. The van der Waals surface area contributed by atoms with Crippen LogP contribution in [-0.4, -0.2) is 62.5 Å². The van der Waals surface area contributed by atoms with Gasteiger partial charge in [0.15, 0.2) is 0 Å². The summed E-state index contributed by atoms with van der Waals surface area (Å²) in [5.74, 6) is 0.888. The van der Waals surface area contributed by atoms with Crippen molar-refractivity contribution in [3.63, 3.8) is 0 Å². The minimum absolute atomic E-state index is 0.0562. The highest BCUT2D eigenvalue weighted by atomic mass is 35.5. The largest absolute Gasteiger partial charge is 0.367 e. The number of anilines is 1. The van der Waals surface area contributed by atoms with Crippen molar-refractivity contribution in [3.8, 4) is 0 Å². The molecule has 1 aromatic heterocycles. The molecule has 0 aromatic carbocycles. The van der Waals surface area contributed by atoms with Crippen LogP contribution in [0.1, 0.15) is 12.8 Å². The van der Waals surface area contributed by atoms with E-state index in [0.29, 0.717) is 43.2 Å². The van der Waals surface area contributed by atoms with Crippen LogP contribution in [0, 0.1) is 5.92 Å². The van der Waals surface area contributed by atoms with Gasteiger partial charge in [-0.1, -0.05) is 11.6 Å². The number of nitrogens with one attached hydrogen (secondary N) is 3. The number of aromatic nitrogens is 2. The SMILES string of the molecule is O=C(NCC1CCS(O)(O)C1)N[C@@H]1CCN(c2cn[nH]c(=O)c2Cl)C1. The molecule has 2 aliphatic rings. The van der Waals surface area contributed by atoms with Gasteiger partial charge in [0.2, 0.25) is 0 Å². The molecule has 2 aliphatic heterocycles. The van der Waals surface area contributed by atoms with Crippen LogP contribution in [0.15, 0.2) is 11.0 Å². The Hall–Kier alpha value is -1.49. The molecule has 2 saturated heterocycles. The van der Waals surface area contributed by atoms with Gasteiger partial charge in [-0.05, 0) is 18.8 Å². The number of urea groups is 1. The van der Waals surface area contributed by atoms with E-state index in [9.17, 15) is 18.7 Å². The maximum Gasteiger partial charge on any atom is 0.315 e. The van der Waals surface area contributed by atoms with Crippen LogP contribution in [0.2, 0.25) is 5.02 Å². The fourth-order valence-electron chi connectivity index (χ4n) is 3.23. The number of H-pyrrole nitrogens is 1. The first kappa shape index (κ1) is 18.3. The first-order valence-electron chi connectivity index (χ1n) is 8.10. The van der Waals surface area contributed by atoms with E-state index in [1.54, 1.807) is 0 Å². The molecule has 11 heteroatoms. The molecule has 0 radical (unpaired) electrons. The summed E-state index contributed by atoms with van der Waals surface area (Å²) < 4.78 is 19.2. The van der Waals surface area contributed by atoms with Crippen molar-refractivity contribution in [3.05, 3.63) is 21.6 Å². The second kappa shape index (κ2) is 7.40. The van der Waals surface area contributed by atoms with Gasteiger partial charge in [-0.3, -0.25) is 13.9 Å². The van der Waals surface area contributed by atoms with E-state index >= 15 is 0 Å². The van der Waals surface area contributed by atoms with Gasteiger partial charge >= 0.3 is 6.03 Å². The van der Waals surface area contributed by atoms with Gasteiger partial charge in [-0.25, -0.2) is 9.89 Å². The number of hydrogen-bond donors (Lipinski definition) is 5. The van der Waals surface area contributed by atoms with Crippen LogP contribution in [-0.2, 0) is 0 Å². The second-order valence-electron chi connectivity index (χ2n) is 6.51. The van der Waals surface area contributed by atoms with Crippen LogP contribution in [0.5, 0.6) is 0 Å². The molecule has 2 amide bonds. The van der Waals surface area contributed by atoms with Crippen LogP contribution < -0.4 is 21.1 Å². The highest BCUT2D eigenvalue weighted by Gasteiger charge is 2.29. The van der Waals surface area contributed by atoms with Crippen molar-refractivity contribution >= 4 is 33.9 Å². The molecule has 5 N–H and O–H groups in total. The lowest BCUT2D eigenvalue weighted by Crippen LogP contribution is -2.44. The Balaban J connectivity index is 1.46. The summed E-state index contributed by atoms with van der Waals surface area (Å²) >= 11 is 6.01. The molecule has 2 atom stereocenters. The number of hydrogen-bond acceptors (Lipinski definition) is 6. The zero-order chi connectivity index (χ0) is 18.0. The van der Waals surface area contributed by atoms with Gasteiger partial charge in [0, 0.05) is 37.2 Å². The predicted molar refractivity (Wildman–Crippen MR) is 97.7 cm³/mol. The van der Waals surface area contributed by atoms with E-state index in [0.717, 1.165) is 6.42 Å². The third-order valence-corrected chi connectivity index (χ3v) is 6.81. The summed E-state index contributed by atoms with van der Waals surface area (Å²) in [7, 11) is -2.44. The number of amides is 2. The quantitative estimate of drug-likeness (QED) is 0.522. The van der Waals surface area contributed by atoms with Gasteiger partial charge in [-0.2, -0.15) is 15.7 Å². The van der Waals surface area contributed by atoms with Crippen molar-refractivity contribution in [2.45, 2.75) is 18.9 Å². The monoisotopic (exact) mass is 391 g/mol. The first-order chi connectivity index (χ1) is 11.8. The van der Waals surface area contributed by atoms with Crippen molar-refractivity contribution < 1.29 is 13.9 Å². The van der Waals surface area contributed by atoms with Gasteiger partial charge in [0.25, 0.3) is 5.56 Å². The maximum absolute atomic E-state index is 12.0. The molecule has 2 fully saturated rings. The summed E-state index contributed by atoms with van der Waals surface area (Å²) in [6, 6.07) is -0.329. The standard InChI is InChI=1S/C14H22ClN5O4S/c15-12-11(6-17-19-13(12)21)20-3-1-10(7-20)18-14(22)16-5-9-2-4-25(23,24)8-9/h6,9-10,23-24H,1-5,7-8H2,(H,19,21)(H2,16,18,22)/t9?,10-/m1/s1. The molecule has 3 heterocycles. The summed E-state index contributed by atoms with van der Waals surface area (Å²) in [4.78, 5) is 25.5. The Morgan fingerprint density at radius 2 is 2.28 bits per heavy atom. The number of carbonyl (C=O) groups excluding carboxylic acids is 1. The van der Waals surface area contributed by atoms with E-state index in [-0.39, 0.29) is 23.0 Å². The highest BCUT2D eigenvalue weighted by molar-refractivity contribution is 8.24. The zero-order valence-corrected chi connectivity index (χ0v) is 15.1. The molecular formula is C14H22ClN5O4S. The van der Waals surface area contributed by atoms with Crippen LogP contribution in [0.4, 0.5) is 10.5 Å². The molecule has 140 valence electrons. The summed E-state index contributed by atoms with van der Waals surface area (Å²) in [5.41, 5.74) is 0.127.